The van der Waals surface area contributed by atoms with E-state index in [1.54, 1.807) is 0 Å². The Morgan fingerprint density at radius 1 is 0.682 bits per heavy atom. The molecule has 0 bridgehead atoms. The Hall–Kier alpha value is 0.733. The Kier molecular flexibility index (Phi) is 27.2. The van der Waals surface area contributed by atoms with Crippen LogP contribution >= 0.6 is 7.82 Å². The van der Waals surface area contributed by atoms with Crippen LogP contribution in [-0.4, -0.2) is 14.7 Å². The monoisotopic (exact) mass is 387 g/mol. The molecule has 0 aliphatic rings. The fourth-order valence-corrected chi connectivity index (χ4v) is 2.19. The van der Waals surface area contributed by atoms with E-state index in [4.69, 9.17) is 19.2 Å². The molecular weight excluding hydrogens is 353 g/mol. The number of unbranched alkanes of at least 4 members (excludes halogenated alkanes) is 13. The van der Waals surface area contributed by atoms with E-state index in [1.165, 1.54) is 83.5 Å². The van der Waals surface area contributed by atoms with E-state index >= 15 is 0 Å². The molecule has 0 unspecified atom stereocenters. The maximum atomic E-state index is 8.88. The van der Waals surface area contributed by atoms with Gasteiger partial charge < -0.3 is 21.6 Å². The minimum atomic E-state index is -4.64. The molecule has 0 spiro atoms. The van der Waals surface area contributed by atoms with Gasteiger partial charge in [0.05, 0.1) is 0 Å². The Morgan fingerprint density at radius 3 is 1.14 bits per heavy atom. The van der Waals surface area contributed by atoms with Crippen molar-refractivity contribution in [2.75, 3.05) is 0 Å². The van der Waals surface area contributed by atoms with Crippen LogP contribution in [-0.2, 0) is 24.0 Å². The molecule has 3 N–H and O–H groups in total. The fraction of sp³-hybridized carbons (Fsp3) is 0.938. The van der Waals surface area contributed by atoms with Gasteiger partial charge in [-0.05, 0) is 0 Å². The zero-order valence-corrected chi connectivity index (χ0v) is 18.4. The first-order valence-corrected chi connectivity index (χ1v) is 10.1. The van der Waals surface area contributed by atoms with Crippen LogP contribution in [0, 0.1) is 6.92 Å². The predicted molar refractivity (Wildman–Crippen MR) is 89.9 cm³/mol. The minimum Gasteiger partial charge on any atom is -0.343 e. The molecule has 0 heterocycles. The second kappa shape index (κ2) is 21.7. The molecule has 0 rings (SSSR count). The minimum absolute atomic E-state index is 0. The van der Waals surface area contributed by atoms with E-state index in [9.17, 15) is 0 Å². The number of rotatable bonds is 13. The molecule has 132 valence electrons. The number of phosphoric acid groups is 1. The van der Waals surface area contributed by atoms with E-state index in [1.807, 2.05) is 0 Å². The van der Waals surface area contributed by atoms with Gasteiger partial charge in [0.1, 0.15) is 0 Å². The summed E-state index contributed by atoms with van der Waals surface area (Å²) in [4.78, 5) is 21.6. The summed E-state index contributed by atoms with van der Waals surface area (Å²) in [5.41, 5.74) is 0. The molecule has 0 aliphatic heterocycles. The van der Waals surface area contributed by atoms with Crippen LogP contribution in [0.4, 0.5) is 0 Å². The first kappa shape index (κ1) is 27.6. The fourth-order valence-electron chi connectivity index (χ4n) is 2.19. The molecule has 0 aromatic rings. The summed E-state index contributed by atoms with van der Waals surface area (Å²) in [6.45, 7) is 6.16. The Labute approximate surface area is 150 Å². The van der Waals surface area contributed by atoms with Gasteiger partial charge >= 0.3 is 7.82 Å². The summed E-state index contributed by atoms with van der Waals surface area (Å²) in [5.74, 6) is 0. The van der Waals surface area contributed by atoms with Crippen LogP contribution < -0.4 is 0 Å². The van der Waals surface area contributed by atoms with Crippen molar-refractivity contribution in [3.63, 3.8) is 0 Å². The molecule has 0 radical (unpaired) electrons. The van der Waals surface area contributed by atoms with Crippen LogP contribution in [0.2, 0.25) is 0 Å². The van der Waals surface area contributed by atoms with Crippen molar-refractivity contribution in [2.24, 2.45) is 0 Å². The van der Waals surface area contributed by atoms with Gasteiger partial charge in [-0.3, -0.25) is 0 Å². The largest absolute Gasteiger partial charge is 0.466 e. The van der Waals surface area contributed by atoms with Gasteiger partial charge in [-0.2, -0.15) is 6.42 Å². The summed E-state index contributed by atoms with van der Waals surface area (Å²) in [5, 5.41) is 0. The van der Waals surface area contributed by atoms with Crippen molar-refractivity contribution in [3.05, 3.63) is 6.92 Å². The Bertz CT molecular complexity index is 212. The van der Waals surface area contributed by atoms with Crippen LogP contribution in [0.3, 0.4) is 0 Å². The Balaban J connectivity index is -0.000000520. The van der Waals surface area contributed by atoms with Crippen molar-refractivity contribution in [3.8, 4) is 0 Å². The molecule has 4 nitrogen and oxygen atoms in total. The first-order chi connectivity index (χ1) is 9.91. The molecule has 0 aromatic heterocycles. The zero-order chi connectivity index (χ0) is 16.4. The van der Waals surface area contributed by atoms with Crippen molar-refractivity contribution in [2.45, 2.75) is 96.8 Å². The molecule has 0 aromatic carbocycles. The van der Waals surface area contributed by atoms with Gasteiger partial charge in [-0.1, -0.05) is 90.4 Å². The summed E-state index contributed by atoms with van der Waals surface area (Å²) in [7, 11) is -4.64. The van der Waals surface area contributed by atoms with Crippen LogP contribution in [0.15, 0.2) is 0 Å². The molecule has 0 saturated heterocycles. The normalized spacial score (nSPS) is 10.6. The number of hydrogen-bond acceptors (Lipinski definition) is 1. The van der Waals surface area contributed by atoms with Crippen LogP contribution in [0.1, 0.15) is 96.8 Å². The third-order valence-electron chi connectivity index (χ3n) is 3.35. The summed E-state index contributed by atoms with van der Waals surface area (Å²) in [6.07, 6.45) is 19.8. The van der Waals surface area contributed by atoms with E-state index in [-0.39, 0.29) is 19.5 Å². The SMILES string of the molecule is O=P(O)(O)O.[CH2-]CCCCCCCCCCCCCCC.[Zn]. The van der Waals surface area contributed by atoms with Crippen molar-refractivity contribution in [1.29, 1.82) is 0 Å². The van der Waals surface area contributed by atoms with Gasteiger partial charge in [0, 0.05) is 19.5 Å². The Morgan fingerprint density at radius 2 is 0.909 bits per heavy atom. The third-order valence-corrected chi connectivity index (χ3v) is 3.35. The zero-order valence-electron chi connectivity index (χ0n) is 14.5. The molecule has 0 aliphatic carbocycles. The molecule has 0 amide bonds. The second-order valence-electron chi connectivity index (χ2n) is 5.61. The van der Waals surface area contributed by atoms with E-state index in [2.05, 4.69) is 13.8 Å². The summed E-state index contributed by atoms with van der Waals surface area (Å²) >= 11 is 0. The second-order valence-corrected chi connectivity index (χ2v) is 6.64. The average molecular weight is 389 g/mol. The van der Waals surface area contributed by atoms with E-state index < -0.39 is 7.82 Å². The number of hydrogen-bond donors (Lipinski definition) is 3. The van der Waals surface area contributed by atoms with E-state index in [0.29, 0.717) is 0 Å². The van der Waals surface area contributed by atoms with Gasteiger partial charge in [0.25, 0.3) is 0 Å². The van der Waals surface area contributed by atoms with Crippen LogP contribution in [0.5, 0.6) is 0 Å². The molecule has 22 heavy (non-hydrogen) atoms. The smallest absolute Gasteiger partial charge is 0.343 e. The molecule has 6 heteroatoms. The van der Waals surface area contributed by atoms with Crippen LogP contribution in [0.25, 0.3) is 0 Å². The van der Waals surface area contributed by atoms with Crippen molar-refractivity contribution < 1.29 is 38.7 Å². The maximum absolute atomic E-state index is 8.88. The standard InChI is InChI=1S/C16H33.H3O4P.Zn/c1-3-5-7-9-11-13-15-16-14-12-10-8-6-4-2;1-5(2,3)4;/h1,3-16H2,2H3;(H3,1,2,3,4);/q-1;;. The average Bonchev–Trinajstić information content (AvgIpc) is 2.38. The topological polar surface area (TPSA) is 77.8 Å². The van der Waals surface area contributed by atoms with Gasteiger partial charge in [-0.15, -0.1) is 0 Å². The molecule has 0 atom stereocenters. The van der Waals surface area contributed by atoms with Gasteiger partial charge in [-0.25, -0.2) is 4.57 Å². The predicted octanol–water partition coefficient (Wildman–Crippen LogP) is 5.37. The van der Waals surface area contributed by atoms with Crippen molar-refractivity contribution in [1.82, 2.24) is 0 Å². The maximum Gasteiger partial charge on any atom is 0.466 e. The van der Waals surface area contributed by atoms with Gasteiger partial charge in [0.15, 0.2) is 0 Å². The molecule has 0 saturated carbocycles. The quantitative estimate of drug-likeness (QED) is 0.171. The van der Waals surface area contributed by atoms with Gasteiger partial charge in [0.2, 0.25) is 0 Å². The first-order valence-electron chi connectivity index (χ1n) is 8.49. The molecule has 0 fully saturated rings. The van der Waals surface area contributed by atoms with E-state index in [0.717, 1.165) is 6.42 Å². The third kappa shape index (κ3) is 42.8. The summed E-state index contributed by atoms with van der Waals surface area (Å²) in [6, 6.07) is 0. The summed E-state index contributed by atoms with van der Waals surface area (Å²) < 4.78 is 8.88. The molecular formula is C16H36O4PZn-. The van der Waals surface area contributed by atoms with Crippen molar-refractivity contribution >= 4 is 7.82 Å².